The second kappa shape index (κ2) is 4.16. The number of carbonyl (C=O) groups excluding carboxylic acids is 1. The number of halogens is 4. The molecule has 2 bridgehead atoms. The van der Waals surface area contributed by atoms with E-state index in [2.05, 4.69) is 4.74 Å². The van der Waals surface area contributed by atoms with Gasteiger partial charge in [-0.1, -0.05) is 18.2 Å². The summed E-state index contributed by atoms with van der Waals surface area (Å²) in [5.74, 6) is -5.20. The minimum absolute atomic E-state index is 0.118. The molecule has 94 valence electrons. The van der Waals surface area contributed by atoms with Crippen LogP contribution in [0.15, 0.2) is 23.8 Å². The largest absolute Gasteiger partial charge is 0.456 e. The van der Waals surface area contributed by atoms with Gasteiger partial charge in [-0.15, -0.1) is 0 Å². The molecule has 6 heteroatoms. The van der Waals surface area contributed by atoms with Crippen molar-refractivity contribution in [2.45, 2.75) is 18.8 Å². The van der Waals surface area contributed by atoms with Crippen LogP contribution < -0.4 is 0 Å². The molecule has 0 aromatic heterocycles. The highest BCUT2D eigenvalue weighted by atomic mass is 19.3. The topological polar surface area (TPSA) is 26.3 Å². The number of ether oxygens (including phenoxy) is 1. The molecule has 0 aromatic rings. The summed E-state index contributed by atoms with van der Waals surface area (Å²) in [5, 5.41) is 0. The molecule has 0 fully saturated rings. The Kier molecular flexibility index (Phi) is 2.97. The first-order valence-electron chi connectivity index (χ1n) is 5.13. The van der Waals surface area contributed by atoms with Crippen LogP contribution in [0.5, 0.6) is 0 Å². The maximum absolute atomic E-state index is 12.5. The summed E-state index contributed by atoms with van der Waals surface area (Å²) >= 11 is 0. The number of hydrogen-bond acceptors (Lipinski definition) is 2. The lowest BCUT2D eigenvalue weighted by Gasteiger charge is -2.16. The van der Waals surface area contributed by atoms with Crippen molar-refractivity contribution < 1.29 is 27.1 Å². The van der Waals surface area contributed by atoms with Crippen LogP contribution in [-0.4, -0.2) is 24.9 Å². The van der Waals surface area contributed by atoms with Gasteiger partial charge in [-0.2, -0.15) is 8.78 Å². The fraction of sp³-hybridized carbons (Fsp3) is 0.545. The van der Waals surface area contributed by atoms with Crippen molar-refractivity contribution in [2.24, 2.45) is 11.8 Å². The van der Waals surface area contributed by atoms with E-state index in [1.165, 1.54) is 0 Å². The first kappa shape index (κ1) is 12.1. The monoisotopic (exact) mass is 250 g/mol. The van der Waals surface area contributed by atoms with E-state index in [1.807, 2.05) is 6.08 Å². The van der Waals surface area contributed by atoms with Gasteiger partial charge >= 0.3 is 18.3 Å². The smallest absolute Gasteiger partial charge is 0.340 e. The molecule has 0 saturated heterocycles. The van der Waals surface area contributed by atoms with Gasteiger partial charge in [0.2, 0.25) is 0 Å². The van der Waals surface area contributed by atoms with Crippen molar-refractivity contribution in [1.82, 2.24) is 0 Å². The Morgan fingerprint density at radius 3 is 2.65 bits per heavy atom. The molecule has 2 atom stereocenters. The van der Waals surface area contributed by atoms with Gasteiger partial charge in [0.25, 0.3) is 0 Å². The molecule has 2 unspecified atom stereocenters. The van der Waals surface area contributed by atoms with Gasteiger partial charge in [-0.3, -0.25) is 0 Å². The van der Waals surface area contributed by atoms with Crippen molar-refractivity contribution in [3.63, 3.8) is 0 Å². The van der Waals surface area contributed by atoms with Crippen molar-refractivity contribution in [3.8, 4) is 0 Å². The maximum atomic E-state index is 12.5. The van der Waals surface area contributed by atoms with Gasteiger partial charge in [-0.05, 0) is 12.3 Å². The Bertz CT molecular complexity index is 387. The minimum atomic E-state index is -4.29. The van der Waals surface area contributed by atoms with Gasteiger partial charge in [0, 0.05) is 11.5 Å². The number of carbonyl (C=O) groups is 1. The second-order valence-corrected chi connectivity index (χ2v) is 4.15. The quantitative estimate of drug-likeness (QED) is 0.435. The van der Waals surface area contributed by atoms with Crippen LogP contribution in [0.4, 0.5) is 17.6 Å². The van der Waals surface area contributed by atoms with Gasteiger partial charge in [0.05, 0.1) is 0 Å². The predicted octanol–water partition coefficient (Wildman–Crippen LogP) is 2.56. The zero-order valence-corrected chi connectivity index (χ0v) is 8.71. The zero-order chi connectivity index (χ0) is 12.6. The standard InChI is InChI=1S/C11H10F4O2/c12-10(13)11(14,15)5-17-9(16)8-4-6-1-2-7(8)3-6/h1-2,4,6-7,10H,3,5H2. The fourth-order valence-corrected chi connectivity index (χ4v) is 1.96. The molecule has 2 aliphatic carbocycles. The normalized spacial score (nSPS) is 26.5. The van der Waals surface area contributed by atoms with Crippen LogP contribution in [0.25, 0.3) is 0 Å². The van der Waals surface area contributed by atoms with E-state index in [0.717, 1.165) is 6.42 Å². The average Bonchev–Trinajstić information content (AvgIpc) is 2.87. The molecule has 0 aliphatic heterocycles. The molecule has 0 aromatic carbocycles. The van der Waals surface area contributed by atoms with E-state index in [0.29, 0.717) is 5.57 Å². The third kappa shape index (κ3) is 2.35. The highest BCUT2D eigenvalue weighted by Crippen LogP contribution is 2.38. The molecular formula is C11H10F4O2. The van der Waals surface area contributed by atoms with Gasteiger partial charge in [0.1, 0.15) is 0 Å². The first-order chi connectivity index (χ1) is 7.90. The van der Waals surface area contributed by atoms with Crippen LogP contribution in [0, 0.1) is 11.8 Å². The Hall–Kier alpha value is -1.33. The fourth-order valence-electron chi connectivity index (χ4n) is 1.96. The van der Waals surface area contributed by atoms with Crippen LogP contribution in [0.3, 0.4) is 0 Å². The molecule has 0 radical (unpaired) electrons. The average molecular weight is 250 g/mol. The van der Waals surface area contributed by atoms with Gasteiger partial charge in [-0.25, -0.2) is 13.6 Å². The highest BCUT2D eigenvalue weighted by Gasteiger charge is 2.43. The third-order valence-corrected chi connectivity index (χ3v) is 2.86. The van der Waals surface area contributed by atoms with E-state index in [4.69, 9.17) is 0 Å². The molecule has 0 saturated carbocycles. The molecule has 0 spiro atoms. The van der Waals surface area contributed by atoms with Crippen molar-refractivity contribution >= 4 is 5.97 Å². The Morgan fingerprint density at radius 2 is 2.18 bits per heavy atom. The first-order valence-corrected chi connectivity index (χ1v) is 5.13. The lowest BCUT2D eigenvalue weighted by Crippen LogP contribution is -2.34. The summed E-state index contributed by atoms with van der Waals surface area (Å²) in [7, 11) is 0. The Balaban J connectivity index is 1.89. The summed E-state index contributed by atoms with van der Waals surface area (Å²) in [4.78, 5) is 11.4. The number of fused-ring (bicyclic) bond motifs is 2. The second-order valence-electron chi connectivity index (χ2n) is 4.15. The number of rotatable bonds is 4. The number of esters is 1. The molecule has 2 rings (SSSR count). The van der Waals surface area contributed by atoms with Gasteiger partial charge in [0.15, 0.2) is 6.61 Å². The van der Waals surface area contributed by atoms with Gasteiger partial charge < -0.3 is 4.74 Å². The highest BCUT2D eigenvalue weighted by molar-refractivity contribution is 5.90. The van der Waals surface area contributed by atoms with Crippen LogP contribution in [0.1, 0.15) is 6.42 Å². The molecule has 0 N–H and O–H groups in total. The number of hydrogen-bond donors (Lipinski definition) is 0. The Morgan fingerprint density at radius 1 is 1.47 bits per heavy atom. The maximum Gasteiger partial charge on any atom is 0.340 e. The van der Waals surface area contributed by atoms with Crippen LogP contribution in [0.2, 0.25) is 0 Å². The van der Waals surface area contributed by atoms with Crippen LogP contribution >= 0.6 is 0 Å². The van der Waals surface area contributed by atoms with E-state index >= 15 is 0 Å². The summed E-state index contributed by atoms with van der Waals surface area (Å²) in [6, 6.07) is 0. The molecular weight excluding hydrogens is 240 g/mol. The number of alkyl halides is 4. The summed E-state index contributed by atoms with van der Waals surface area (Å²) in [5.41, 5.74) is 0.294. The predicted molar refractivity (Wildman–Crippen MR) is 50.7 cm³/mol. The summed E-state index contributed by atoms with van der Waals surface area (Å²) in [6.07, 6.45) is 2.24. The third-order valence-electron chi connectivity index (χ3n) is 2.86. The van der Waals surface area contributed by atoms with E-state index in [-0.39, 0.29) is 11.8 Å². The Labute approximate surface area is 94.9 Å². The van der Waals surface area contributed by atoms with Crippen molar-refractivity contribution in [2.75, 3.05) is 6.61 Å². The van der Waals surface area contributed by atoms with E-state index < -0.39 is 24.9 Å². The summed E-state index contributed by atoms with van der Waals surface area (Å²) < 4.78 is 52.9. The molecule has 0 heterocycles. The van der Waals surface area contributed by atoms with E-state index in [9.17, 15) is 22.4 Å². The number of allylic oxidation sites excluding steroid dienone is 3. The molecule has 17 heavy (non-hydrogen) atoms. The van der Waals surface area contributed by atoms with Crippen LogP contribution in [-0.2, 0) is 9.53 Å². The minimum Gasteiger partial charge on any atom is -0.456 e. The summed E-state index contributed by atoms with van der Waals surface area (Å²) in [6.45, 7) is -1.58. The lowest BCUT2D eigenvalue weighted by molar-refractivity contribution is -0.177. The van der Waals surface area contributed by atoms with Crippen molar-refractivity contribution in [3.05, 3.63) is 23.8 Å². The van der Waals surface area contributed by atoms with Crippen molar-refractivity contribution in [1.29, 1.82) is 0 Å². The molecule has 2 nitrogen and oxygen atoms in total. The zero-order valence-electron chi connectivity index (χ0n) is 8.71. The lowest BCUT2D eigenvalue weighted by atomic mass is 10.0. The SMILES string of the molecule is O=C(OCC(F)(F)C(F)F)C1=CC2C=CC1C2. The molecule has 2 aliphatic rings. The van der Waals surface area contributed by atoms with E-state index in [1.54, 1.807) is 12.2 Å². The molecule has 0 amide bonds.